The highest BCUT2D eigenvalue weighted by Crippen LogP contribution is 2.49. The lowest BCUT2D eigenvalue weighted by Gasteiger charge is -2.21. The Kier molecular flexibility index (Phi) is 2.58. The number of hydrogen-bond acceptors (Lipinski definition) is 2. The van der Waals surface area contributed by atoms with Crippen molar-refractivity contribution in [2.75, 3.05) is 5.73 Å². The maximum atomic E-state index is 5.87. The van der Waals surface area contributed by atoms with Crippen molar-refractivity contribution in [2.45, 2.75) is 38.5 Å². The Morgan fingerprint density at radius 1 is 1.31 bits per heavy atom. The Morgan fingerprint density at radius 2 is 2.25 bits per heavy atom. The van der Waals surface area contributed by atoms with Gasteiger partial charge in [-0.3, -0.25) is 0 Å². The first-order valence-electron chi connectivity index (χ1n) is 6.52. The SMILES string of the molecule is Nc1ncccc1CCC1CC2CCC1C2. The number of nitrogens with zero attached hydrogens (tertiary/aromatic N) is 1. The van der Waals surface area contributed by atoms with Gasteiger partial charge in [-0.05, 0) is 61.5 Å². The number of fused-ring (bicyclic) bond motifs is 2. The molecule has 2 aliphatic rings. The van der Waals surface area contributed by atoms with Crippen LogP contribution >= 0.6 is 0 Å². The molecule has 0 aromatic carbocycles. The molecule has 2 N–H and O–H groups in total. The molecule has 2 saturated carbocycles. The molecule has 3 atom stereocenters. The topological polar surface area (TPSA) is 38.9 Å². The van der Waals surface area contributed by atoms with Gasteiger partial charge in [0.1, 0.15) is 5.82 Å². The maximum Gasteiger partial charge on any atom is 0.126 e. The van der Waals surface area contributed by atoms with Gasteiger partial charge in [-0.15, -0.1) is 0 Å². The second-order valence-corrected chi connectivity index (χ2v) is 5.52. The molecule has 86 valence electrons. The van der Waals surface area contributed by atoms with Crippen molar-refractivity contribution < 1.29 is 0 Å². The van der Waals surface area contributed by atoms with E-state index >= 15 is 0 Å². The van der Waals surface area contributed by atoms with Crippen molar-refractivity contribution in [3.63, 3.8) is 0 Å². The van der Waals surface area contributed by atoms with Crippen LogP contribution in [0.4, 0.5) is 5.82 Å². The van der Waals surface area contributed by atoms with Crippen LogP contribution in [0.25, 0.3) is 0 Å². The van der Waals surface area contributed by atoms with Gasteiger partial charge in [0.2, 0.25) is 0 Å². The van der Waals surface area contributed by atoms with Crippen LogP contribution in [0, 0.1) is 17.8 Å². The Balaban J connectivity index is 1.59. The van der Waals surface area contributed by atoms with E-state index in [0.717, 1.165) is 30.0 Å². The predicted molar refractivity (Wildman–Crippen MR) is 65.9 cm³/mol. The van der Waals surface area contributed by atoms with E-state index in [1.54, 1.807) is 6.20 Å². The third-order valence-corrected chi connectivity index (χ3v) is 4.60. The van der Waals surface area contributed by atoms with Crippen LogP contribution in [0.5, 0.6) is 0 Å². The number of pyridine rings is 1. The zero-order chi connectivity index (χ0) is 11.0. The highest BCUT2D eigenvalue weighted by molar-refractivity contribution is 5.38. The molecule has 2 heteroatoms. The van der Waals surface area contributed by atoms with Gasteiger partial charge in [-0.25, -0.2) is 4.98 Å². The zero-order valence-corrected chi connectivity index (χ0v) is 9.73. The molecule has 0 radical (unpaired) electrons. The van der Waals surface area contributed by atoms with Crippen molar-refractivity contribution in [2.24, 2.45) is 17.8 Å². The summed E-state index contributed by atoms with van der Waals surface area (Å²) in [6.45, 7) is 0. The average Bonchev–Trinajstić information content (AvgIpc) is 2.90. The van der Waals surface area contributed by atoms with Crippen molar-refractivity contribution >= 4 is 5.82 Å². The summed E-state index contributed by atoms with van der Waals surface area (Å²) in [5.74, 6) is 3.79. The molecule has 0 aliphatic heterocycles. The second kappa shape index (κ2) is 4.08. The van der Waals surface area contributed by atoms with E-state index < -0.39 is 0 Å². The van der Waals surface area contributed by atoms with E-state index in [0.29, 0.717) is 0 Å². The molecular weight excluding hydrogens is 196 g/mol. The smallest absolute Gasteiger partial charge is 0.126 e. The van der Waals surface area contributed by atoms with Gasteiger partial charge >= 0.3 is 0 Å². The van der Waals surface area contributed by atoms with Gasteiger partial charge in [0.05, 0.1) is 0 Å². The zero-order valence-electron chi connectivity index (χ0n) is 9.73. The molecule has 2 nitrogen and oxygen atoms in total. The molecule has 2 aliphatic carbocycles. The lowest BCUT2D eigenvalue weighted by Crippen LogP contribution is -2.11. The summed E-state index contributed by atoms with van der Waals surface area (Å²) in [7, 11) is 0. The molecule has 3 rings (SSSR count). The van der Waals surface area contributed by atoms with Crippen LogP contribution in [-0.4, -0.2) is 4.98 Å². The largest absolute Gasteiger partial charge is 0.383 e. The number of aryl methyl sites for hydroxylation is 1. The number of nitrogen functional groups attached to an aromatic ring is 1. The fourth-order valence-corrected chi connectivity index (χ4v) is 3.73. The van der Waals surface area contributed by atoms with Crippen LogP contribution in [0.15, 0.2) is 18.3 Å². The van der Waals surface area contributed by atoms with Crippen molar-refractivity contribution in [1.82, 2.24) is 4.98 Å². The monoisotopic (exact) mass is 216 g/mol. The van der Waals surface area contributed by atoms with E-state index in [4.69, 9.17) is 5.73 Å². The number of hydrogen-bond donors (Lipinski definition) is 1. The molecule has 2 fully saturated rings. The lowest BCUT2D eigenvalue weighted by molar-refractivity contribution is 0.315. The molecule has 1 aromatic rings. The molecule has 3 unspecified atom stereocenters. The van der Waals surface area contributed by atoms with Gasteiger partial charge in [0.15, 0.2) is 0 Å². The molecule has 1 aromatic heterocycles. The third-order valence-electron chi connectivity index (χ3n) is 4.60. The first kappa shape index (κ1) is 10.1. The molecular formula is C14H20N2. The first-order valence-corrected chi connectivity index (χ1v) is 6.52. The third kappa shape index (κ3) is 1.81. The van der Waals surface area contributed by atoms with Crippen molar-refractivity contribution in [3.05, 3.63) is 23.9 Å². The van der Waals surface area contributed by atoms with Gasteiger partial charge in [0.25, 0.3) is 0 Å². The average molecular weight is 216 g/mol. The second-order valence-electron chi connectivity index (χ2n) is 5.52. The van der Waals surface area contributed by atoms with Gasteiger partial charge in [0, 0.05) is 6.20 Å². The van der Waals surface area contributed by atoms with Gasteiger partial charge in [-0.2, -0.15) is 0 Å². The number of anilines is 1. The summed E-state index contributed by atoms with van der Waals surface area (Å²) in [5, 5.41) is 0. The molecule has 2 bridgehead atoms. The quantitative estimate of drug-likeness (QED) is 0.843. The molecule has 1 heterocycles. The minimum Gasteiger partial charge on any atom is -0.383 e. The molecule has 0 saturated heterocycles. The van der Waals surface area contributed by atoms with E-state index in [1.165, 1.54) is 37.7 Å². The number of aromatic nitrogens is 1. The molecule has 16 heavy (non-hydrogen) atoms. The summed E-state index contributed by atoms with van der Waals surface area (Å²) >= 11 is 0. The van der Waals surface area contributed by atoms with E-state index in [9.17, 15) is 0 Å². The minimum atomic E-state index is 0.727. The fourth-order valence-electron chi connectivity index (χ4n) is 3.73. The summed E-state index contributed by atoms with van der Waals surface area (Å²) in [4.78, 5) is 4.15. The maximum absolute atomic E-state index is 5.87. The van der Waals surface area contributed by atoms with Gasteiger partial charge in [-0.1, -0.05) is 12.5 Å². The van der Waals surface area contributed by atoms with Crippen molar-refractivity contribution in [3.8, 4) is 0 Å². The van der Waals surface area contributed by atoms with E-state index in [-0.39, 0.29) is 0 Å². The summed E-state index contributed by atoms with van der Waals surface area (Å²) < 4.78 is 0. The Labute approximate surface area is 97.3 Å². The Morgan fingerprint density at radius 3 is 2.94 bits per heavy atom. The van der Waals surface area contributed by atoms with E-state index in [1.807, 2.05) is 6.07 Å². The predicted octanol–water partition coefficient (Wildman–Crippen LogP) is 3.03. The molecule has 0 amide bonds. The van der Waals surface area contributed by atoms with Crippen LogP contribution in [0.3, 0.4) is 0 Å². The van der Waals surface area contributed by atoms with E-state index in [2.05, 4.69) is 11.1 Å². The Bertz CT molecular complexity index is 375. The van der Waals surface area contributed by atoms with Crippen molar-refractivity contribution in [1.29, 1.82) is 0 Å². The highest BCUT2D eigenvalue weighted by Gasteiger charge is 2.38. The first-order chi connectivity index (χ1) is 7.83. The van der Waals surface area contributed by atoms with Crippen LogP contribution in [-0.2, 0) is 6.42 Å². The van der Waals surface area contributed by atoms with Crippen LogP contribution < -0.4 is 5.73 Å². The van der Waals surface area contributed by atoms with Crippen LogP contribution in [0.1, 0.15) is 37.7 Å². The normalized spacial score (nSPS) is 32.1. The number of nitrogens with two attached hydrogens (primary N) is 1. The summed E-state index contributed by atoms with van der Waals surface area (Å²) in [6.07, 6.45) is 10.2. The highest BCUT2D eigenvalue weighted by atomic mass is 14.8. The lowest BCUT2D eigenvalue weighted by atomic mass is 9.85. The minimum absolute atomic E-state index is 0.727. The van der Waals surface area contributed by atoms with Crippen LogP contribution in [0.2, 0.25) is 0 Å². The van der Waals surface area contributed by atoms with Gasteiger partial charge < -0.3 is 5.73 Å². The standard InChI is InChI=1S/C14H20N2/c15-14-11(2-1-7-16-14)5-6-13-9-10-3-4-12(13)8-10/h1-2,7,10,12-13H,3-6,8-9H2,(H2,15,16). The fraction of sp³-hybridized carbons (Fsp3) is 0.643. The summed E-state index contributed by atoms with van der Waals surface area (Å²) in [6, 6.07) is 4.11. The molecule has 0 spiro atoms. The summed E-state index contributed by atoms with van der Waals surface area (Å²) in [5.41, 5.74) is 7.11. The Hall–Kier alpha value is -1.05. The number of rotatable bonds is 3.